The fourth-order valence-electron chi connectivity index (χ4n) is 2.55. The minimum absolute atomic E-state index is 0. The fourth-order valence-corrected chi connectivity index (χ4v) is 3.49. The first kappa shape index (κ1) is 16.2. The molecule has 2 heterocycles. The highest BCUT2D eigenvalue weighted by atomic mass is 35.5. The predicted molar refractivity (Wildman–Crippen MR) is 86.9 cm³/mol. The van der Waals surface area contributed by atoms with Crippen LogP contribution in [-0.4, -0.2) is 25.0 Å². The molecule has 1 aromatic carbocycles. The van der Waals surface area contributed by atoms with Crippen molar-refractivity contribution in [1.29, 1.82) is 0 Å². The molecule has 21 heavy (non-hydrogen) atoms. The molecule has 2 aromatic rings. The highest BCUT2D eigenvalue weighted by molar-refractivity contribution is 7.20. The van der Waals surface area contributed by atoms with E-state index < -0.39 is 0 Å². The molecule has 3 nitrogen and oxygen atoms in total. The molecule has 2 N–H and O–H groups in total. The van der Waals surface area contributed by atoms with E-state index in [0.717, 1.165) is 29.6 Å². The van der Waals surface area contributed by atoms with Gasteiger partial charge >= 0.3 is 0 Å². The first-order valence-corrected chi connectivity index (χ1v) is 7.66. The van der Waals surface area contributed by atoms with E-state index in [1.54, 1.807) is 12.1 Å². The summed E-state index contributed by atoms with van der Waals surface area (Å²) in [5, 5.41) is 7.16. The summed E-state index contributed by atoms with van der Waals surface area (Å²) in [4.78, 5) is 12.9. The van der Waals surface area contributed by atoms with Crippen molar-refractivity contribution in [3.63, 3.8) is 0 Å². The van der Waals surface area contributed by atoms with Crippen molar-refractivity contribution in [2.24, 2.45) is 5.92 Å². The van der Waals surface area contributed by atoms with Crippen LogP contribution in [0.3, 0.4) is 0 Å². The van der Waals surface area contributed by atoms with Crippen LogP contribution in [-0.2, 0) is 0 Å². The van der Waals surface area contributed by atoms with E-state index in [2.05, 4.69) is 17.6 Å². The van der Waals surface area contributed by atoms with E-state index in [4.69, 9.17) is 0 Å². The lowest BCUT2D eigenvalue weighted by atomic mass is 9.95. The summed E-state index contributed by atoms with van der Waals surface area (Å²) in [6.45, 7) is 3.98. The van der Waals surface area contributed by atoms with Gasteiger partial charge < -0.3 is 10.6 Å². The molecule has 1 amide bonds. The zero-order valence-electron chi connectivity index (χ0n) is 11.7. The van der Waals surface area contributed by atoms with Crippen molar-refractivity contribution in [3.05, 3.63) is 35.0 Å². The summed E-state index contributed by atoms with van der Waals surface area (Å²) in [5.74, 6) is 0.145. The Balaban J connectivity index is 0.00000161. The van der Waals surface area contributed by atoms with Gasteiger partial charge in [0.05, 0.1) is 4.88 Å². The fraction of sp³-hybridized carbons (Fsp3) is 0.400. The Morgan fingerprint density at radius 3 is 3.00 bits per heavy atom. The molecule has 0 spiro atoms. The summed E-state index contributed by atoms with van der Waals surface area (Å²) in [6, 6.07) is 6.54. The van der Waals surface area contributed by atoms with Crippen molar-refractivity contribution in [3.8, 4) is 0 Å². The van der Waals surface area contributed by atoms with Crippen LogP contribution in [0.5, 0.6) is 0 Å². The molecule has 3 rings (SSSR count). The quantitative estimate of drug-likeness (QED) is 0.889. The molecule has 2 unspecified atom stereocenters. The van der Waals surface area contributed by atoms with Crippen LogP contribution in [0, 0.1) is 11.7 Å². The maximum Gasteiger partial charge on any atom is 0.261 e. The van der Waals surface area contributed by atoms with Crippen LogP contribution in [0.25, 0.3) is 10.1 Å². The second-order valence-corrected chi connectivity index (χ2v) is 6.43. The molecule has 1 fully saturated rings. The Labute approximate surface area is 133 Å². The lowest BCUT2D eigenvalue weighted by Crippen LogP contribution is -2.50. The molecule has 0 saturated carbocycles. The molecular weight excluding hydrogens is 311 g/mol. The number of amides is 1. The number of nitrogens with one attached hydrogen (secondary N) is 2. The Bertz CT molecular complexity index is 646. The van der Waals surface area contributed by atoms with Crippen molar-refractivity contribution in [2.75, 3.05) is 13.1 Å². The van der Waals surface area contributed by atoms with Crippen LogP contribution in [0.2, 0.25) is 0 Å². The smallest absolute Gasteiger partial charge is 0.261 e. The molecule has 1 aromatic heterocycles. The number of piperidine rings is 1. The highest BCUT2D eigenvalue weighted by Gasteiger charge is 2.23. The Morgan fingerprint density at radius 1 is 1.43 bits per heavy atom. The maximum atomic E-state index is 13.2. The normalized spacial score (nSPS) is 21.8. The minimum Gasteiger partial charge on any atom is -0.347 e. The van der Waals surface area contributed by atoms with Gasteiger partial charge in [-0.05, 0) is 48.5 Å². The van der Waals surface area contributed by atoms with Gasteiger partial charge in [-0.3, -0.25) is 4.79 Å². The Kier molecular flexibility index (Phi) is 5.19. The van der Waals surface area contributed by atoms with E-state index in [1.807, 2.05) is 0 Å². The average Bonchev–Trinajstić information content (AvgIpc) is 2.84. The Morgan fingerprint density at radius 2 is 2.24 bits per heavy atom. The van der Waals surface area contributed by atoms with E-state index in [0.29, 0.717) is 10.8 Å². The molecule has 1 aliphatic heterocycles. The van der Waals surface area contributed by atoms with Gasteiger partial charge in [-0.1, -0.05) is 6.92 Å². The zero-order valence-corrected chi connectivity index (χ0v) is 13.3. The van der Waals surface area contributed by atoms with E-state index in [1.165, 1.54) is 23.5 Å². The Hall–Kier alpha value is -1.17. The average molecular weight is 329 g/mol. The monoisotopic (exact) mass is 328 g/mol. The molecule has 6 heteroatoms. The lowest BCUT2D eigenvalue weighted by molar-refractivity contribution is 0.0919. The number of halogens is 2. The molecule has 0 bridgehead atoms. The molecule has 1 aliphatic rings. The number of carbonyl (C=O) groups is 1. The van der Waals surface area contributed by atoms with Gasteiger partial charge in [-0.25, -0.2) is 4.39 Å². The van der Waals surface area contributed by atoms with Gasteiger partial charge in [0.1, 0.15) is 5.82 Å². The second-order valence-electron chi connectivity index (χ2n) is 5.34. The van der Waals surface area contributed by atoms with E-state index >= 15 is 0 Å². The van der Waals surface area contributed by atoms with Crippen LogP contribution >= 0.6 is 23.7 Å². The maximum absolute atomic E-state index is 13.2. The summed E-state index contributed by atoms with van der Waals surface area (Å²) in [5.41, 5.74) is 0. The number of rotatable bonds is 2. The van der Waals surface area contributed by atoms with Gasteiger partial charge in [0.15, 0.2) is 0 Å². The van der Waals surface area contributed by atoms with Crippen molar-refractivity contribution < 1.29 is 9.18 Å². The predicted octanol–water partition coefficient (Wildman–Crippen LogP) is 3.19. The van der Waals surface area contributed by atoms with Crippen molar-refractivity contribution in [2.45, 2.75) is 19.4 Å². The van der Waals surface area contributed by atoms with Crippen LogP contribution in [0.1, 0.15) is 23.0 Å². The number of fused-ring (bicyclic) bond motifs is 1. The number of thiophene rings is 1. The van der Waals surface area contributed by atoms with Crippen LogP contribution in [0.15, 0.2) is 24.3 Å². The first-order valence-electron chi connectivity index (χ1n) is 6.84. The van der Waals surface area contributed by atoms with E-state index in [-0.39, 0.29) is 30.2 Å². The van der Waals surface area contributed by atoms with E-state index in [9.17, 15) is 9.18 Å². The summed E-state index contributed by atoms with van der Waals surface area (Å²) in [6.07, 6.45) is 1.07. The second kappa shape index (κ2) is 6.73. The molecule has 0 aliphatic carbocycles. The largest absolute Gasteiger partial charge is 0.347 e. The number of hydrogen-bond donors (Lipinski definition) is 2. The van der Waals surface area contributed by atoms with Crippen molar-refractivity contribution in [1.82, 2.24) is 10.6 Å². The number of hydrogen-bond acceptors (Lipinski definition) is 3. The SMILES string of the molecule is CC1CCNCC1NC(=O)c1cc2cc(F)ccc2s1.Cl. The minimum atomic E-state index is -0.271. The summed E-state index contributed by atoms with van der Waals surface area (Å²) in [7, 11) is 0. The summed E-state index contributed by atoms with van der Waals surface area (Å²) >= 11 is 1.40. The van der Waals surface area contributed by atoms with Gasteiger partial charge in [0.25, 0.3) is 5.91 Å². The van der Waals surface area contributed by atoms with Crippen LogP contribution < -0.4 is 10.6 Å². The standard InChI is InChI=1S/C15H17FN2OS.ClH/c1-9-4-5-17-8-12(9)18-15(19)14-7-10-6-11(16)2-3-13(10)20-14;/h2-3,6-7,9,12,17H,4-5,8H2,1H3,(H,18,19);1H. The molecule has 114 valence electrons. The third-order valence-corrected chi connectivity index (χ3v) is 4.96. The topological polar surface area (TPSA) is 41.1 Å². The van der Waals surface area contributed by atoms with Gasteiger partial charge in [-0.15, -0.1) is 23.7 Å². The summed E-state index contributed by atoms with van der Waals surface area (Å²) < 4.78 is 14.1. The molecule has 0 radical (unpaired) electrons. The zero-order chi connectivity index (χ0) is 14.1. The highest BCUT2D eigenvalue weighted by Crippen LogP contribution is 2.26. The molecule has 1 saturated heterocycles. The molecule has 2 atom stereocenters. The first-order chi connectivity index (χ1) is 9.63. The van der Waals surface area contributed by atoms with Gasteiger partial charge in [0, 0.05) is 17.3 Å². The number of benzene rings is 1. The van der Waals surface area contributed by atoms with Crippen molar-refractivity contribution >= 4 is 39.7 Å². The van der Waals surface area contributed by atoms with Crippen LogP contribution in [0.4, 0.5) is 4.39 Å². The lowest BCUT2D eigenvalue weighted by Gasteiger charge is -2.30. The van der Waals surface area contributed by atoms with Gasteiger partial charge in [0.2, 0.25) is 0 Å². The van der Waals surface area contributed by atoms with Gasteiger partial charge in [-0.2, -0.15) is 0 Å². The number of carbonyl (C=O) groups excluding carboxylic acids is 1. The third-order valence-electron chi connectivity index (χ3n) is 3.85. The molecular formula is C15H18ClFN2OS. The third kappa shape index (κ3) is 3.54.